The van der Waals surface area contributed by atoms with E-state index in [0.29, 0.717) is 30.0 Å². The summed E-state index contributed by atoms with van der Waals surface area (Å²) in [6, 6.07) is 0.330. The van der Waals surface area contributed by atoms with Crippen molar-refractivity contribution in [2.45, 2.75) is 58.9 Å². The summed E-state index contributed by atoms with van der Waals surface area (Å²) in [6.07, 6.45) is 4.17. The van der Waals surface area contributed by atoms with Crippen molar-refractivity contribution in [3.63, 3.8) is 0 Å². The molecule has 0 radical (unpaired) electrons. The van der Waals surface area contributed by atoms with Crippen LogP contribution in [0.2, 0.25) is 0 Å². The second kappa shape index (κ2) is 4.30. The van der Waals surface area contributed by atoms with Gasteiger partial charge in [-0.3, -0.25) is 9.59 Å². The number of nitrogens with zero attached hydrogens (tertiary/aromatic N) is 2. The zero-order valence-electron chi connectivity index (χ0n) is 12.5. The van der Waals surface area contributed by atoms with E-state index in [0.717, 1.165) is 19.4 Å². The molecule has 0 aromatic rings. The van der Waals surface area contributed by atoms with E-state index < -0.39 is 0 Å². The van der Waals surface area contributed by atoms with Gasteiger partial charge >= 0.3 is 0 Å². The van der Waals surface area contributed by atoms with Gasteiger partial charge in [-0.2, -0.15) is 5.10 Å². The Hall–Kier alpha value is -1.39. The van der Waals surface area contributed by atoms with Gasteiger partial charge in [-0.25, -0.2) is 5.43 Å². The molecule has 5 nitrogen and oxygen atoms in total. The number of amides is 2. The normalized spacial score (nSPS) is 35.5. The van der Waals surface area contributed by atoms with Crippen molar-refractivity contribution in [3.05, 3.63) is 0 Å². The summed E-state index contributed by atoms with van der Waals surface area (Å²) in [5, 5.41) is 3.95. The SMILES string of the molecule is CC1(C)CC2CC(C)(CN2C(=O)C2=NNC(=O)CC2)C1. The van der Waals surface area contributed by atoms with Gasteiger partial charge in [0.15, 0.2) is 0 Å². The number of nitrogens with one attached hydrogen (secondary N) is 1. The summed E-state index contributed by atoms with van der Waals surface area (Å²) in [6.45, 7) is 7.71. The lowest BCUT2D eigenvalue weighted by molar-refractivity contribution is -0.125. The molecule has 0 aromatic carbocycles. The Morgan fingerprint density at radius 2 is 2.05 bits per heavy atom. The second-order valence-electron chi connectivity index (χ2n) is 7.74. The zero-order chi connectivity index (χ0) is 14.5. The Labute approximate surface area is 119 Å². The minimum absolute atomic E-state index is 0.0245. The monoisotopic (exact) mass is 277 g/mol. The maximum atomic E-state index is 12.6. The Bertz CT molecular complexity index is 497. The van der Waals surface area contributed by atoms with Crippen LogP contribution in [0.4, 0.5) is 0 Å². The molecular formula is C15H23N3O2. The largest absolute Gasteiger partial charge is 0.334 e. The molecule has 2 fully saturated rings. The van der Waals surface area contributed by atoms with Crippen LogP contribution >= 0.6 is 0 Å². The number of hydrazone groups is 1. The van der Waals surface area contributed by atoms with Crippen molar-refractivity contribution in [1.29, 1.82) is 0 Å². The molecular weight excluding hydrogens is 254 g/mol. The number of hydrogen-bond acceptors (Lipinski definition) is 3. The topological polar surface area (TPSA) is 61.8 Å². The van der Waals surface area contributed by atoms with Crippen LogP contribution in [0.15, 0.2) is 5.10 Å². The van der Waals surface area contributed by atoms with Crippen LogP contribution in [0.5, 0.6) is 0 Å². The maximum absolute atomic E-state index is 12.6. The van der Waals surface area contributed by atoms with E-state index >= 15 is 0 Å². The molecule has 0 aromatic heterocycles. The average molecular weight is 277 g/mol. The Morgan fingerprint density at radius 3 is 2.70 bits per heavy atom. The average Bonchev–Trinajstić information content (AvgIpc) is 2.58. The molecule has 1 aliphatic carbocycles. The lowest BCUT2D eigenvalue weighted by atomic mass is 9.65. The first-order valence-corrected chi connectivity index (χ1v) is 7.44. The highest BCUT2D eigenvalue weighted by Gasteiger charge is 2.51. The van der Waals surface area contributed by atoms with Gasteiger partial charge in [-0.05, 0) is 30.1 Å². The van der Waals surface area contributed by atoms with Gasteiger partial charge in [0.1, 0.15) is 5.71 Å². The first-order valence-electron chi connectivity index (χ1n) is 7.44. The fraction of sp³-hybridized carbons (Fsp3) is 0.800. The van der Waals surface area contributed by atoms with Crippen molar-refractivity contribution in [3.8, 4) is 0 Å². The predicted molar refractivity (Wildman–Crippen MR) is 76.1 cm³/mol. The van der Waals surface area contributed by atoms with Crippen molar-refractivity contribution < 1.29 is 9.59 Å². The van der Waals surface area contributed by atoms with Crippen LogP contribution in [0.3, 0.4) is 0 Å². The molecule has 0 spiro atoms. The Balaban J connectivity index is 1.79. The molecule has 3 rings (SSSR count). The molecule has 110 valence electrons. The summed E-state index contributed by atoms with van der Waals surface area (Å²) in [5.74, 6) is -0.0776. The van der Waals surface area contributed by atoms with Gasteiger partial charge in [0.25, 0.3) is 5.91 Å². The van der Waals surface area contributed by atoms with Crippen molar-refractivity contribution in [2.24, 2.45) is 15.9 Å². The molecule has 20 heavy (non-hydrogen) atoms. The third-order valence-corrected chi connectivity index (χ3v) is 4.83. The summed E-state index contributed by atoms with van der Waals surface area (Å²) in [7, 11) is 0. The van der Waals surface area contributed by atoms with Crippen LogP contribution < -0.4 is 5.43 Å². The summed E-state index contributed by atoms with van der Waals surface area (Å²) < 4.78 is 0. The number of fused-ring (bicyclic) bond motifs is 2. The molecule has 2 atom stereocenters. The van der Waals surface area contributed by atoms with E-state index in [2.05, 4.69) is 31.3 Å². The standard InChI is InChI=1S/C15H23N3O2/c1-14(2)6-10-7-15(3,8-14)9-18(10)13(20)11-4-5-12(19)17-16-11/h10H,4-9H2,1-3H3,(H,17,19). The molecule has 2 unspecified atom stereocenters. The summed E-state index contributed by atoms with van der Waals surface area (Å²) in [5.41, 5.74) is 3.47. The van der Waals surface area contributed by atoms with Crippen molar-refractivity contribution in [1.82, 2.24) is 10.3 Å². The smallest absolute Gasteiger partial charge is 0.270 e. The number of carbonyl (C=O) groups excluding carboxylic acids is 2. The fourth-order valence-electron chi connectivity index (χ4n) is 4.49. The molecule has 1 saturated heterocycles. The highest BCUT2D eigenvalue weighted by atomic mass is 16.2. The third kappa shape index (κ3) is 2.34. The first kappa shape index (κ1) is 13.6. The Kier molecular flexibility index (Phi) is 2.92. The molecule has 3 aliphatic rings. The molecule has 2 amide bonds. The lowest BCUT2D eigenvalue weighted by Gasteiger charge is -2.39. The first-order chi connectivity index (χ1) is 9.28. The molecule has 5 heteroatoms. The molecule has 2 aliphatic heterocycles. The van der Waals surface area contributed by atoms with Gasteiger partial charge in [-0.15, -0.1) is 0 Å². The van der Waals surface area contributed by atoms with Crippen LogP contribution in [-0.4, -0.2) is 35.0 Å². The van der Waals surface area contributed by atoms with E-state index in [1.54, 1.807) is 0 Å². The van der Waals surface area contributed by atoms with E-state index in [4.69, 9.17) is 0 Å². The highest BCUT2D eigenvalue weighted by Crippen LogP contribution is 2.52. The van der Waals surface area contributed by atoms with Gasteiger partial charge in [-0.1, -0.05) is 20.8 Å². The van der Waals surface area contributed by atoms with Gasteiger partial charge in [0.05, 0.1) is 0 Å². The lowest BCUT2D eigenvalue weighted by Crippen LogP contribution is -2.43. The van der Waals surface area contributed by atoms with Crippen LogP contribution in [0.25, 0.3) is 0 Å². The van der Waals surface area contributed by atoms with Crippen LogP contribution in [0.1, 0.15) is 52.9 Å². The summed E-state index contributed by atoms with van der Waals surface area (Å²) in [4.78, 5) is 25.8. The minimum Gasteiger partial charge on any atom is -0.334 e. The van der Waals surface area contributed by atoms with E-state index in [1.807, 2.05) is 4.90 Å². The quantitative estimate of drug-likeness (QED) is 0.792. The number of carbonyl (C=O) groups is 2. The summed E-state index contributed by atoms with van der Waals surface area (Å²) >= 11 is 0. The molecule has 2 bridgehead atoms. The van der Waals surface area contributed by atoms with E-state index in [1.165, 1.54) is 6.42 Å². The minimum atomic E-state index is -0.102. The van der Waals surface area contributed by atoms with Crippen molar-refractivity contribution >= 4 is 17.5 Å². The van der Waals surface area contributed by atoms with Crippen LogP contribution in [-0.2, 0) is 9.59 Å². The molecule has 1 saturated carbocycles. The van der Waals surface area contributed by atoms with Crippen LogP contribution in [0, 0.1) is 10.8 Å². The fourth-order valence-corrected chi connectivity index (χ4v) is 4.49. The van der Waals surface area contributed by atoms with Gasteiger partial charge in [0.2, 0.25) is 5.91 Å². The number of hydrogen-bond donors (Lipinski definition) is 1. The third-order valence-electron chi connectivity index (χ3n) is 4.83. The predicted octanol–water partition coefficient (Wildman–Crippen LogP) is 1.68. The number of likely N-dealkylation sites (tertiary alicyclic amines) is 1. The molecule has 2 heterocycles. The maximum Gasteiger partial charge on any atom is 0.270 e. The Morgan fingerprint density at radius 1 is 1.30 bits per heavy atom. The van der Waals surface area contributed by atoms with E-state index in [9.17, 15) is 9.59 Å². The number of rotatable bonds is 1. The van der Waals surface area contributed by atoms with Gasteiger partial charge < -0.3 is 4.90 Å². The van der Waals surface area contributed by atoms with Gasteiger partial charge in [0, 0.05) is 25.4 Å². The highest BCUT2D eigenvalue weighted by molar-refractivity contribution is 6.39. The zero-order valence-corrected chi connectivity index (χ0v) is 12.5. The second-order valence-corrected chi connectivity index (χ2v) is 7.74. The van der Waals surface area contributed by atoms with E-state index in [-0.39, 0.29) is 17.2 Å². The van der Waals surface area contributed by atoms with Crippen molar-refractivity contribution in [2.75, 3.05) is 6.54 Å². The molecule has 1 N–H and O–H groups in total.